The van der Waals surface area contributed by atoms with Crippen molar-refractivity contribution in [2.75, 3.05) is 34.4 Å². The Morgan fingerprint density at radius 1 is 1.45 bits per heavy atom. The molecule has 1 heterocycles. The molecule has 0 aromatic heterocycles. The lowest BCUT2D eigenvalue weighted by Gasteiger charge is -2.34. The van der Waals surface area contributed by atoms with E-state index in [9.17, 15) is 0 Å². The molecule has 1 fully saturated rings. The third-order valence-electron chi connectivity index (χ3n) is 2.24. The predicted molar refractivity (Wildman–Crippen MR) is 43.7 cm³/mol. The minimum Gasteiger partial charge on any atom is -0.379 e. The summed E-state index contributed by atoms with van der Waals surface area (Å²) in [6.07, 6.45) is 1.32. The Hall–Kier alpha value is -0.120. The Bertz CT molecular complexity index is 117. The first-order valence-electron chi connectivity index (χ1n) is 4.02. The lowest BCUT2D eigenvalue weighted by atomic mass is 10.1. The summed E-state index contributed by atoms with van der Waals surface area (Å²) >= 11 is 0. The van der Waals surface area contributed by atoms with E-state index in [1.807, 2.05) is 0 Å². The first-order chi connectivity index (χ1) is 5.25. The van der Waals surface area contributed by atoms with Crippen molar-refractivity contribution in [3.05, 3.63) is 0 Å². The molecule has 1 aliphatic rings. The summed E-state index contributed by atoms with van der Waals surface area (Å²) in [5, 5.41) is 0. The van der Waals surface area contributed by atoms with Gasteiger partial charge in [0.05, 0.1) is 12.7 Å². The number of hydrogen-bond acceptors (Lipinski definition) is 3. The van der Waals surface area contributed by atoms with E-state index in [-0.39, 0.29) is 6.10 Å². The van der Waals surface area contributed by atoms with Crippen LogP contribution in [-0.4, -0.2) is 51.5 Å². The fourth-order valence-corrected chi connectivity index (χ4v) is 1.52. The molecule has 2 atom stereocenters. The molecule has 0 aromatic rings. The number of methoxy groups -OCH3 is 1. The minimum absolute atomic E-state index is 0.249. The number of hydrogen-bond donors (Lipinski definition) is 0. The lowest BCUT2D eigenvalue weighted by Crippen LogP contribution is -2.46. The van der Waals surface area contributed by atoms with Crippen molar-refractivity contribution in [3.63, 3.8) is 0 Å². The fourth-order valence-electron chi connectivity index (χ4n) is 1.52. The molecule has 0 aromatic carbocycles. The second kappa shape index (κ2) is 4.04. The third kappa shape index (κ3) is 2.15. The largest absolute Gasteiger partial charge is 0.379 e. The molecule has 1 aliphatic heterocycles. The van der Waals surface area contributed by atoms with Gasteiger partial charge in [-0.25, -0.2) is 0 Å². The van der Waals surface area contributed by atoms with Crippen LogP contribution in [0.1, 0.15) is 6.42 Å². The number of nitrogens with zero attached hydrogens (tertiary/aromatic N) is 1. The zero-order valence-electron chi connectivity index (χ0n) is 7.54. The second-order valence-corrected chi connectivity index (χ2v) is 3.17. The van der Waals surface area contributed by atoms with E-state index in [2.05, 4.69) is 19.0 Å². The van der Waals surface area contributed by atoms with Gasteiger partial charge in [-0.15, -0.1) is 0 Å². The highest BCUT2D eigenvalue weighted by Gasteiger charge is 2.26. The van der Waals surface area contributed by atoms with Crippen LogP contribution >= 0.6 is 0 Å². The normalized spacial score (nSPS) is 32.7. The summed E-state index contributed by atoms with van der Waals surface area (Å²) in [6, 6.07) is 0.522. The number of ether oxygens (including phenoxy) is 2. The molecule has 3 heteroatoms. The standard InChI is InChI=1S/C8H17NO2/c1-9(2)7-4-5-11-6-8(7)10-3/h7-8H,4-6H2,1-3H3. The SMILES string of the molecule is COC1COCCC1N(C)C. The predicted octanol–water partition coefficient (Wildman–Crippen LogP) is 0.352. The maximum absolute atomic E-state index is 5.30. The number of rotatable bonds is 2. The van der Waals surface area contributed by atoms with Crippen LogP contribution < -0.4 is 0 Å². The van der Waals surface area contributed by atoms with Crippen molar-refractivity contribution in [2.24, 2.45) is 0 Å². The van der Waals surface area contributed by atoms with Crippen LogP contribution in [-0.2, 0) is 9.47 Å². The van der Waals surface area contributed by atoms with Crippen LogP contribution in [0.2, 0.25) is 0 Å². The first-order valence-corrected chi connectivity index (χ1v) is 4.02. The van der Waals surface area contributed by atoms with Crippen LogP contribution in [0, 0.1) is 0 Å². The maximum atomic E-state index is 5.30. The van der Waals surface area contributed by atoms with E-state index in [4.69, 9.17) is 9.47 Å². The highest BCUT2D eigenvalue weighted by molar-refractivity contribution is 4.79. The van der Waals surface area contributed by atoms with Gasteiger partial charge in [-0.3, -0.25) is 0 Å². The summed E-state index contributed by atoms with van der Waals surface area (Å²) in [7, 11) is 5.92. The monoisotopic (exact) mass is 159 g/mol. The summed E-state index contributed by atoms with van der Waals surface area (Å²) < 4.78 is 10.6. The Morgan fingerprint density at radius 2 is 2.18 bits per heavy atom. The van der Waals surface area contributed by atoms with Gasteiger partial charge in [0.15, 0.2) is 0 Å². The number of likely N-dealkylation sites (N-methyl/N-ethyl adjacent to an activating group) is 1. The molecule has 0 spiro atoms. The van der Waals surface area contributed by atoms with Gasteiger partial charge in [-0.1, -0.05) is 0 Å². The molecule has 11 heavy (non-hydrogen) atoms. The first kappa shape index (κ1) is 8.97. The fraction of sp³-hybridized carbons (Fsp3) is 1.00. The van der Waals surface area contributed by atoms with Crippen molar-refractivity contribution in [1.82, 2.24) is 4.90 Å². The van der Waals surface area contributed by atoms with Crippen molar-refractivity contribution in [3.8, 4) is 0 Å². The highest BCUT2D eigenvalue weighted by atomic mass is 16.5. The third-order valence-corrected chi connectivity index (χ3v) is 2.24. The van der Waals surface area contributed by atoms with Crippen LogP contribution in [0.25, 0.3) is 0 Å². The summed E-state index contributed by atoms with van der Waals surface area (Å²) in [6.45, 7) is 1.60. The second-order valence-electron chi connectivity index (χ2n) is 3.17. The lowest BCUT2D eigenvalue weighted by molar-refractivity contribution is -0.0730. The molecule has 0 amide bonds. The van der Waals surface area contributed by atoms with Crippen LogP contribution in [0.15, 0.2) is 0 Å². The van der Waals surface area contributed by atoms with Crippen molar-refractivity contribution < 1.29 is 9.47 Å². The quantitative estimate of drug-likeness (QED) is 0.580. The highest BCUT2D eigenvalue weighted by Crippen LogP contribution is 2.14. The van der Waals surface area contributed by atoms with Crippen molar-refractivity contribution in [1.29, 1.82) is 0 Å². The van der Waals surface area contributed by atoms with Gasteiger partial charge in [0, 0.05) is 19.8 Å². The molecular weight excluding hydrogens is 142 g/mol. The molecule has 0 aliphatic carbocycles. The van der Waals surface area contributed by atoms with Gasteiger partial charge in [-0.05, 0) is 20.5 Å². The van der Waals surface area contributed by atoms with Gasteiger partial charge in [0.25, 0.3) is 0 Å². The minimum atomic E-state index is 0.249. The van der Waals surface area contributed by atoms with E-state index in [1.165, 1.54) is 0 Å². The van der Waals surface area contributed by atoms with Gasteiger partial charge in [-0.2, -0.15) is 0 Å². The molecule has 0 saturated carbocycles. The Morgan fingerprint density at radius 3 is 2.64 bits per heavy atom. The average molecular weight is 159 g/mol. The summed E-state index contributed by atoms with van der Waals surface area (Å²) in [4.78, 5) is 2.21. The molecule has 0 radical (unpaired) electrons. The summed E-state index contributed by atoms with van der Waals surface area (Å²) in [5.41, 5.74) is 0. The van der Waals surface area contributed by atoms with E-state index in [1.54, 1.807) is 7.11 Å². The Kier molecular flexibility index (Phi) is 3.30. The summed E-state index contributed by atoms with van der Waals surface area (Å²) in [5.74, 6) is 0. The molecule has 2 unspecified atom stereocenters. The van der Waals surface area contributed by atoms with Gasteiger partial charge in [0.2, 0.25) is 0 Å². The zero-order valence-corrected chi connectivity index (χ0v) is 7.54. The van der Waals surface area contributed by atoms with E-state index >= 15 is 0 Å². The molecule has 3 nitrogen and oxygen atoms in total. The Labute approximate surface area is 68.3 Å². The van der Waals surface area contributed by atoms with Gasteiger partial charge < -0.3 is 14.4 Å². The van der Waals surface area contributed by atoms with Gasteiger partial charge in [0.1, 0.15) is 0 Å². The average Bonchev–Trinajstić information content (AvgIpc) is 2.04. The van der Waals surface area contributed by atoms with E-state index in [0.29, 0.717) is 6.04 Å². The molecule has 1 saturated heterocycles. The van der Waals surface area contributed by atoms with E-state index < -0.39 is 0 Å². The van der Waals surface area contributed by atoms with Crippen LogP contribution in [0.5, 0.6) is 0 Å². The molecule has 1 rings (SSSR count). The smallest absolute Gasteiger partial charge is 0.0959 e. The van der Waals surface area contributed by atoms with Gasteiger partial charge >= 0.3 is 0 Å². The molecular formula is C8H17NO2. The molecule has 0 N–H and O–H groups in total. The van der Waals surface area contributed by atoms with Crippen molar-refractivity contribution >= 4 is 0 Å². The van der Waals surface area contributed by atoms with E-state index in [0.717, 1.165) is 19.6 Å². The molecule has 0 bridgehead atoms. The van der Waals surface area contributed by atoms with Crippen LogP contribution in [0.3, 0.4) is 0 Å². The van der Waals surface area contributed by atoms with Crippen LogP contribution in [0.4, 0.5) is 0 Å². The maximum Gasteiger partial charge on any atom is 0.0959 e. The Balaban J connectivity index is 2.44. The van der Waals surface area contributed by atoms with Crippen molar-refractivity contribution in [2.45, 2.75) is 18.6 Å². The molecule has 66 valence electrons. The topological polar surface area (TPSA) is 21.7 Å². The zero-order chi connectivity index (χ0) is 8.27.